The van der Waals surface area contributed by atoms with E-state index in [-0.39, 0.29) is 12.0 Å². The largest absolute Gasteiger partial charge is 0.484 e. The molecule has 1 aromatic carbocycles. The lowest BCUT2D eigenvalue weighted by Gasteiger charge is -2.01. The van der Waals surface area contributed by atoms with Crippen molar-refractivity contribution in [2.75, 3.05) is 0 Å². The molecule has 2 rings (SSSR count). The van der Waals surface area contributed by atoms with Gasteiger partial charge in [-0.05, 0) is 23.7 Å². The molecule has 0 bridgehead atoms. The van der Waals surface area contributed by atoms with Gasteiger partial charge >= 0.3 is 5.35 Å². The summed E-state index contributed by atoms with van der Waals surface area (Å²) in [6.45, 7) is 0.226. The second kappa shape index (κ2) is 4.11. The Hall–Kier alpha value is -1.55. The van der Waals surface area contributed by atoms with E-state index in [0.29, 0.717) is 5.89 Å². The van der Waals surface area contributed by atoms with Crippen molar-refractivity contribution in [1.29, 1.82) is 0 Å². The summed E-state index contributed by atoms with van der Waals surface area (Å²) in [5.74, 6) is 1.11. The van der Waals surface area contributed by atoms with Crippen molar-refractivity contribution in [2.24, 2.45) is 0 Å². The maximum atomic E-state index is 5.45. The van der Waals surface area contributed by atoms with Gasteiger partial charge in [0.05, 0.1) is 0 Å². The van der Waals surface area contributed by atoms with Gasteiger partial charge in [-0.25, -0.2) is 0 Å². The molecule has 0 spiro atoms. The molecule has 2 aromatic rings. The third-order valence-electron chi connectivity index (χ3n) is 1.55. The van der Waals surface area contributed by atoms with Crippen LogP contribution in [0.4, 0.5) is 0 Å². The molecule has 4 nitrogen and oxygen atoms in total. The van der Waals surface area contributed by atoms with Crippen LogP contribution in [0.5, 0.6) is 5.75 Å². The minimum absolute atomic E-state index is 0.0247. The minimum atomic E-state index is 0.0247. The molecule has 0 saturated heterocycles. The molecule has 0 saturated carbocycles. The van der Waals surface area contributed by atoms with Gasteiger partial charge in [-0.15, -0.1) is 5.10 Å². The van der Waals surface area contributed by atoms with Crippen LogP contribution < -0.4 is 4.74 Å². The lowest BCUT2D eigenvalue weighted by Crippen LogP contribution is -1.95. The Bertz CT molecular complexity index is 402. The summed E-state index contributed by atoms with van der Waals surface area (Å²) in [6.07, 6.45) is 0. The first-order chi connectivity index (χ1) is 6.84. The van der Waals surface area contributed by atoms with E-state index in [4.69, 9.17) is 20.8 Å². The van der Waals surface area contributed by atoms with E-state index in [0.717, 1.165) is 5.75 Å². The van der Waals surface area contributed by atoms with Gasteiger partial charge in [-0.2, -0.15) is 0 Å². The second-order valence-electron chi connectivity index (χ2n) is 2.55. The van der Waals surface area contributed by atoms with Crippen LogP contribution in [0.15, 0.2) is 34.7 Å². The summed E-state index contributed by atoms with van der Waals surface area (Å²) in [7, 11) is 0. The van der Waals surface area contributed by atoms with Gasteiger partial charge in [0.1, 0.15) is 5.75 Å². The van der Waals surface area contributed by atoms with Crippen LogP contribution in [0.1, 0.15) is 5.89 Å². The number of rotatable bonds is 3. The van der Waals surface area contributed by atoms with Gasteiger partial charge in [0, 0.05) is 0 Å². The predicted octanol–water partition coefficient (Wildman–Crippen LogP) is 2.30. The first-order valence-electron chi connectivity index (χ1n) is 4.00. The molecule has 1 aromatic heterocycles. The number of ether oxygens (including phenoxy) is 1. The highest BCUT2D eigenvalue weighted by Crippen LogP contribution is 2.12. The predicted molar refractivity (Wildman–Crippen MR) is 50.1 cm³/mol. The molecule has 0 radical (unpaired) electrons. The zero-order valence-corrected chi connectivity index (χ0v) is 7.94. The Kier molecular flexibility index (Phi) is 2.65. The summed E-state index contributed by atoms with van der Waals surface area (Å²) in [5.41, 5.74) is 0. The van der Waals surface area contributed by atoms with Gasteiger partial charge in [0.2, 0.25) is 0 Å². The number of benzene rings is 1. The van der Waals surface area contributed by atoms with Crippen LogP contribution >= 0.6 is 11.6 Å². The van der Waals surface area contributed by atoms with Crippen molar-refractivity contribution in [3.63, 3.8) is 0 Å². The Morgan fingerprint density at radius 3 is 2.64 bits per heavy atom. The highest BCUT2D eigenvalue weighted by atomic mass is 35.5. The zero-order valence-electron chi connectivity index (χ0n) is 7.18. The molecule has 5 heteroatoms. The molecule has 0 unspecified atom stereocenters. The summed E-state index contributed by atoms with van der Waals surface area (Å²) in [4.78, 5) is 0. The van der Waals surface area contributed by atoms with Crippen LogP contribution in [0, 0.1) is 0 Å². The molecule has 0 N–H and O–H groups in total. The topological polar surface area (TPSA) is 48.2 Å². The molecular formula is C9H7ClN2O2. The molecule has 0 aliphatic carbocycles. The molecule has 14 heavy (non-hydrogen) atoms. The van der Waals surface area contributed by atoms with Crippen molar-refractivity contribution >= 4 is 11.6 Å². The summed E-state index contributed by atoms with van der Waals surface area (Å²) >= 11 is 5.45. The smallest absolute Gasteiger partial charge is 0.312 e. The van der Waals surface area contributed by atoms with Crippen molar-refractivity contribution < 1.29 is 9.15 Å². The summed E-state index contributed by atoms with van der Waals surface area (Å²) in [6, 6.07) is 9.37. The Morgan fingerprint density at radius 2 is 2.00 bits per heavy atom. The van der Waals surface area contributed by atoms with E-state index < -0.39 is 0 Å². The zero-order chi connectivity index (χ0) is 9.80. The van der Waals surface area contributed by atoms with Crippen molar-refractivity contribution in [3.05, 3.63) is 41.6 Å². The van der Waals surface area contributed by atoms with E-state index in [9.17, 15) is 0 Å². The lowest BCUT2D eigenvalue weighted by atomic mass is 10.3. The average molecular weight is 211 g/mol. The molecule has 0 aliphatic heterocycles. The maximum absolute atomic E-state index is 5.45. The fourth-order valence-corrected chi connectivity index (χ4v) is 1.08. The van der Waals surface area contributed by atoms with Crippen molar-refractivity contribution in [2.45, 2.75) is 6.61 Å². The first-order valence-corrected chi connectivity index (χ1v) is 4.38. The van der Waals surface area contributed by atoms with E-state index in [2.05, 4.69) is 10.2 Å². The van der Waals surface area contributed by atoms with Crippen LogP contribution in [0.3, 0.4) is 0 Å². The standard InChI is InChI=1S/C9H7ClN2O2/c10-9-12-11-8(14-9)6-13-7-4-2-1-3-5-7/h1-5H,6H2. The third kappa shape index (κ3) is 2.23. The number of nitrogens with zero attached hydrogens (tertiary/aromatic N) is 2. The van der Waals surface area contributed by atoms with Crippen molar-refractivity contribution in [1.82, 2.24) is 10.2 Å². The Morgan fingerprint density at radius 1 is 1.21 bits per heavy atom. The highest BCUT2D eigenvalue weighted by Gasteiger charge is 2.03. The van der Waals surface area contributed by atoms with E-state index in [1.807, 2.05) is 30.3 Å². The van der Waals surface area contributed by atoms with Crippen molar-refractivity contribution in [3.8, 4) is 5.75 Å². The maximum Gasteiger partial charge on any atom is 0.312 e. The first kappa shape index (κ1) is 9.02. The number of hydrogen-bond donors (Lipinski definition) is 0. The quantitative estimate of drug-likeness (QED) is 0.780. The summed E-state index contributed by atoms with van der Waals surface area (Å²) in [5, 5.41) is 7.18. The van der Waals surface area contributed by atoms with Crippen LogP contribution in [-0.2, 0) is 6.61 Å². The van der Waals surface area contributed by atoms with Crippen LogP contribution in [0.2, 0.25) is 5.35 Å². The summed E-state index contributed by atoms with van der Waals surface area (Å²) < 4.78 is 10.3. The van der Waals surface area contributed by atoms with Crippen LogP contribution in [0.25, 0.3) is 0 Å². The van der Waals surface area contributed by atoms with E-state index >= 15 is 0 Å². The molecule has 72 valence electrons. The Labute approximate surface area is 85.5 Å². The average Bonchev–Trinajstić information content (AvgIpc) is 2.63. The van der Waals surface area contributed by atoms with Gasteiger partial charge in [0.25, 0.3) is 5.89 Å². The van der Waals surface area contributed by atoms with Gasteiger partial charge in [0.15, 0.2) is 6.61 Å². The van der Waals surface area contributed by atoms with E-state index in [1.165, 1.54) is 0 Å². The molecule has 0 amide bonds. The Balaban J connectivity index is 1.95. The molecule has 0 atom stereocenters. The third-order valence-corrected chi connectivity index (χ3v) is 1.70. The highest BCUT2D eigenvalue weighted by molar-refractivity contribution is 6.27. The molecule has 0 aliphatic rings. The monoisotopic (exact) mass is 210 g/mol. The number of halogens is 1. The van der Waals surface area contributed by atoms with Gasteiger partial charge in [-0.3, -0.25) is 0 Å². The van der Waals surface area contributed by atoms with Crippen LogP contribution in [-0.4, -0.2) is 10.2 Å². The molecule has 1 heterocycles. The number of para-hydroxylation sites is 1. The van der Waals surface area contributed by atoms with Gasteiger partial charge in [-0.1, -0.05) is 23.3 Å². The molecular weight excluding hydrogens is 204 g/mol. The fraction of sp³-hybridized carbons (Fsp3) is 0.111. The fourth-order valence-electron chi connectivity index (χ4n) is 0.953. The SMILES string of the molecule is Clc1nnc(COc2ccccc2)o1. The number of aromatic nitrogens is 2. The minimum Gasteiger partial charge on any atom is -0.484 e. The lowest BCUT2D eigenvalue weighted by molar-refractivity contribution is 0.263. The van der Waals surface area contributed by atoms with E-state index in [1.54, 1.807) is 0 Å². The molecule has 0 fully saturated rings. The number of hydrogen-bond acceptors (Lipinski definition) is 4. The van der Waals surface area contributed by atoms with Gasteiger partial charge < -0.3 is 9.15 Å². The second-order valence-corrected chi connectivity index (χ2v) is 2.87. The normalized spacial score (nSPS) is 10.1.